The van der Waals surface area contributed by atoms with E-state index in [1.165, 1.54) is 6.92 Å². The van der Waals surface area contributed by atoms with Gasteiger partial charge in [0.25, 0.3) is 0 Å². The molecule has 45 heavy (non-hydrogen) atoms. The lowest BCUT2D eigenvalue weighted by molar-refractivity contribution is -0.362. The average Bonchev–Trinajstić information content (AvgIpc) is 3.27. The minimum Gasteiger partial charge on any atom is -0.383 e. The van der Waals surface area contributed by atoms with Gasteiger partial charge in [-0.15, -0.1) is 0 Å². The lowest BCUT2D eigenvalue weighted by atomic mass is 9.50. The van der Waals surface area contributed by atoms with Crippen LogP contribution in [0.15, 0.2) is 71.3 Å². The quantitative estimate of drug-likeness (QED) is 0.293. The predicted molar refractivity (Wildman–Crippen MR) is 160 cm³/mol. The van der Waals surface area contributed by atoms with Gasteiger partial charge < -0.3 is 15.7 Å². The third-order valence-corrected chi connectivity index (χ3v) is 10.9. The number of rotatable bonds is 5. The Hall–Kier alpha value is -3.53. The van der Waals surface area contributed by atoms with E-state index in [2.05, 4.69) is 10.6 Å². The number of allylic oxidation sites excluding steroid dienone is 4. The van der Waals surface area contributed by atoms with Crippen LogP contribution in [0.25, 0.3) is 0 Å². The normalized spacial score (nSPS) is 29.8. The molecule has 0 saturated heterocycles. The van der Waals surface area contributed by atoms with E-state index in [4.69, 9.17) is 0 Å². The molecule has 2 aromatic carbocycles. The van der Waals surface area contributed by atoms with Crippen molar-refractivity contribution in [2.75, 3.05) is 5.32 Å². The number of carbonyl (C=O) groups excluding carboxylic acids is 2. The standard InChI is InChI=1S/C35H37F5N2O3/c1-20-3-10-24(11-4-20)42-31(44)41-19-21-5-7-22(8-6-21)28-18-32(2)29(15-16-33(32,45)34(36,37)35(38,39)40)27-13-9-23-17-25(43)12-14-26(23)30(27)28/h3-8,10-11,17,27-29,45H,9,12-16,18-19H2,1-2H3,(H2,41,42,44)/t27?,28-,29?,32+,33+/m1/s1. The summed E-state index contributed by atoms with van der Waals surface area (Å²) in [5.74, 6) is -6.58. The number of carbonyl (C=O) groups is 2. The first-order valence-corrected chi connectivity index (χ1v) is 15.5. The minimum atomic E-state index is -5.89. The van der Waals surface area contributed by atoms with Gasteiger partial charge in [-0.1, -0.05) is 54.5 Å². The summed E-state index contributed by atoms with van der Waals surface area (Å²) in [5.41, 5.74) is 1.26. The van der Waals surface area contributed by atoms with Crippen LogP contribution in [0.2, 0.25) is 0 Å². The number of hydrogen-bond donors (Lipinski definition) is 3. The van der Waals surface area contributed by atoms with Gasteiger partial charge in [0.2, 0.25) is 0 Å². The van der Waals surface area contributed by atoms with Crippen molar-refractivity contribution >= 4 is 17.5 Å². The van der Waals surface area contributed by atoms with Gasteiger partial charge in [-0.05, 0) is 97.8 Å². The Kier molecular flexibility index (Phi) is 7.74. The number of fused-ring (bicyclic) bond motifs is 4. The van der Waals surface area contributed by atoms with Gasteiger partial charge in [-0.2, -0.15) is 22.0 Å². The lowest BCUT2D eigenvalue weighted by Gasteiger charge is -2.56. The van der Waals surface area contributed by atoms with E-state index in [1.807, 2.05) is 43.3 Å². The van der Waals surface area contributed by atoms with Gasteiger partial charge in [0.05, 0.1) is 0 Å². The summed E-state index contributed by atoms with van der Waals surface area (Å²) in [4.78, 5) is 24.7. The first-order chi connectivity index (χ1) is 21.1. The molecule has 0 bridgehead atoms. The van der Waals surface area contributed by atoms with Crippen LogP contribution in [0.5, 0.6) is 0 Å². The molecule has 240 valence electrons. The maximum atomic E-state index is 15.2. The van der Waals surface area contributed by atoms with Crippen LogP contribution in [-0.4, -0.2) is 34.6 Å². The highest BCUT2D eigenvalue weighted by Gasteiger charge is 2.79. The van der Waals surface area contributed by atoms with E-state index in [0.29, 0.717) is 31.4 Å². The Morgan fingerprint density at radius 1 is 0.978 bits per heavy atom. The zero-order valence-corrected chi connectivity index (χ0v) is 25.2. The molecule has 4 aliphatic rings. The third-order valence-electron chi connectivity index (χ3n) is 10.9. The molecule has 2 amide bonds. The second-order valence-electron chi connectivity index (χ2n) is 13.4. The molecule has 0 aromatic heterocycles. The molecule has 5 nitrogen and oxygen atoms in total. The van der Waals surface area contributed by atoms with E-state index in [1.54, 1.807) is 18.2 Å². The Labute approximate surface area is 259 Å². The van der Waals surface area contributed by atoms with Crippen molar-refractivity contribution < 1.29 is 36.6 Å². The van der Waals surface area contributed by atoms with Crippen LogP contribution in [-0.2, 0) is 11.3 Å². The number of ketones is 1. The molecule has 2 fully saturated rings. The molecule has 0 spiro atoms. The summed E-state index contributed by atoms with van der Waals surface area (Å²) in [7, 11) is 0. The fourth-order valence-corrected chi connectivity index (χ4v) is 8.58. The number of benzene rings is 2. The molecule has 0 aliphatic heterocycles. The van der Waals surface area contributed by atoms with Crippen LogP contribution < -0.4 is 10.6 Å². The summed E-state index contributed by atoms with van der Waals surface area (Å²) in [6.07, 6.45) is -2.95. The lowest BCUT2D eigenvalue weighted by Crippen LogP contribution is -2.65. The van der Waals surface area contributed by atoms with Crippen molar-refractivity contribution in [3.05, 3.63) is 88.0 Å². The maximum absolute atomic E-state index is 15.2. The van der Waals surface area contributed by atoms with Crippen molar-refractivity contribution in [3.63, 3.8) is 0 Å². The van der Waals surface area contributed by atoms with Gasteiger partial charge >= 0.3 is 18.1 Å². The summed E-state index contributed by atoms with van der Waals surface area (Å²) < 4.78 is 71.7. The third kappa shape index (κ3) is 5.19. The van der Waals surface area contributed by atoms with Crippen molar-refractivity contribution in [2.45, 2.75) is 89.0 Å². The summed E-state index contributed by atoms with van der Waals surface area (Å²) in [6.45, 7) is 3.58. The Balaban J connectivity index is 1.31. The molecule has 6 rings (SSSR count). The number of amides is 2. The highest BCUT2D eigenvalue weighted by atomic mass is 19.4. The number of urea groups is 1. The second kappa shape index (κ2) is 11.1. The van der Waals surface area contributed by atoms with Gasteiger partial charge in [0.1, 0.15) is 5.60 Å². The highest BCUT2D eigenvalue weighted by molar-refractivity contribution is 5.93. The van der Waals surface area contributed by atoms with Gasteiger partial charge in [0.15, 0.2) is 5.78 Å². The second-order valence-corrected chi connectivity index (χ2v) is 13.4. The largest absolute Gasteiger partial charge is 0.456 e. The average molecular weight is 629 g/mol. The van der Waals surface area contributed by atoms with E-state index in [9.17, 15) is 27.9 Å². The van der Waals surface area contributed by atoms with Crippen LogP contribution in [0, 0.1) is 24.2 Å². The van der Waals surface area contributed by atoms with Gasteiger partial charge in [-0.3, -0.25) is 4.79 Å². The number of nitrogens with one attached hydrogen (secondary N) is 2. The van der Waals surface area contributed by atoms with Crippen molar-refractivity contribution in [3.8, 4) is 0 Å². The van der Waals surface area contributed by atoms with Crippen molar-refractivity contribution in [2.24, 2.45) is 17.3 Å². The molecule has 5 atom stereocenters. The Morgan fingerprint density at radius 3 is 2.33 bits per heavy atom. The van der Waals surface area contributed by atoms with E-state index >= 15 is 8.78 Å². The zero-order valence-electron chi connectivity index (χ0n) is 25.2. The number of aliphatic hydroxyl groups is 1. The van der Waals surface area contributed by atoms with Gasteiger partial charge in [-0.25, -0.2) is 4.79 Å². The van der Waals surface area contributed by atoms with Crippen LogP contribution in [0.4, 0.5) is 32.4 Å². The molecular formula is C35H37F5N2O3. The first-order valence-electron chi connectivity index (χ1n) is 15.5. The molecule has 4 aliphatic carbocycles. The van der Waals surface area contributed by atoms with E-state index in [-0.39, 0.29) is 37.1 Å². The first kappa shape index (κ1) is 31.5. The smallest absolute Gasteiger partial charge is 0.383 e. The number of alkyl halides is 5. The van der Waals surface area contributed by atoms with Gasteiger partial charge in [0, 0.05) is 30.0 Å². The minimum absolute atomic E-state index is 0.0355. The number of aryl methyl sites for hydroxylation is 1. The molecule has 2 aromatic rings. The maximum Gasteiger partial charge on any atom is 0.456 e. The highest BCUT2D eigenvalue weighted by Crippen LogP contribution is 2.70. The zero-order chi connectivity index (χ0) is 32.4. The van der Waals surface area contributed by atoms with Crippen LogP contribution in [0.3, 0.4) is 0 Å². The molecule has 10 heteroatoms. The van der Waals surface area contributed by atoms with Crippen LogP contribution >= 0.6 is 0 Å². The molecule has 3 N–H and O–H groups in total. The van der Waals surface area contributed by atoms with Crippen molar-refractivity contribution in [1.82, 2.24) is 5.32 Å². The Bertz CT molecular complexity index is 1560. The number of hydrogen-bond acceptors (Lipinski definition) is 3. The SMILES string of the molecule is Cc1ccc(NC(=O)NCc2ccc([C@H]3C[C@@]4(C)C(CC[C@@]4(O)C(F)(F)C(F)(F)F)C4CCC5=CC(=O)CCC5=C43)cc2)cc1. The summed E-state index contributed by atoms with van der Waals surface area (Å²) in [5, 5.41) is 17.0. The molecule has 2 unspecified atom stereocenters. The van der Waals surface area contributed by atoms with E-state index in [0.717, 1.165) is 33.4 Å². The molecular weight excluding hydrogens is 591 g/mol. The topological polar surface area (TPSA) is 78.4 Å². The van der Waals surface area contributed by atoms with Crippen LogP contribution in [0.1, 0.15) is 74.5 Å². The summed E-state index contributed by atoms with van der Waals surface area (Å²) in [6, 6.07) is 14.3. The molecule has 0 radical (unpaired) electrons. The monoisotopic (exact) mass is 628 g/mol. The van der Waals surface area contributed by atoms with Crippen molar-refractivity contribution in [1.29, 1.82) is 0 Å². The number of halogens is 5. The summed E-state index contributed by atoms with van der Waals surface area (Å²) >= 11 is 0. The Morgan fingerprint density at radius 2 is 1.67 bits per heavy atom. The molecule has 2 saturated carbocycles. The molecule has 0 heterocycles. The fraction of sp³-hybridized carbons (Fsp3) is 0.486. The fourth-order valence-electron chi connectivity index (χ4n) is 8.58. The number of anilines is 1. The predicted octanol–water partition coefficient (Wildman–Crippen LogP) is 8.14. The van der Waals surface area contributed by atoms with E-state index < -0.39 is 41.4 Å².